The van der Waals surface area contributed by atoms with Crippen molar-refractivity contribution in [3.8, 4) is 11.8 Å². The summed E-state index contributed by atoms with van der Waals surface area (Å²) >= 11 is 0. The third-order valence-electron chi connectivity index (χ3n) is 3.67. The number of nitrogens with zero attached hydrogens (tertiary/aromatic N) is 1. The molecule has 0 bridgehead atoms. The van der Waals surface area contributed by atoms with Crippen LogP contribution in [-0.4, -0.2) is 23.8 Å². The molecule has 7 heteroatoms. The lowest BCUT2D eigenvalue weighted by atomic mass is 10.0. The van der Waals surface area contributed by atoms with Crippen molar-refractivity contribution in [2.45, 2.75) is 13.8 Å². The highest BCUT2D eigenvalue weighted by Crippen LogP contribution is 2.23. The summed E-state index contributed by atoms with van der Waals surface area (Å²) in [5.74, 6) is -0.725. The number of ether oxygens (including phenoxy) is 1. The van der Waals surface area contributed by atoms with E-state index < -0.39 is 11.7 Å². The van der Waals surface area contributed by atoms with E-state index in [0.29, 0.717) is 28.1 Å². The van der Waals surface area contributed by atoms with Gasteiger partial charge < -0.3 is 15.0 Å². The van der Waals surface area contributed by atoms with Crippen molar-refractivity contribution in [3.63, 3.8) is 0 Å². The lowest BCUT2D eigenvalue weighted by Crippen LogP contribution is -2.21. The number of benzene rings is 1. The zero-order valence-corrected chi connectivity index (χ0v) is 14.5. The van der Waals surface area contributed by atoms with Gasteiger partial charge in [-0.15, -0.1) is 0 Å². The molecule has 2 rings (SSSR count). The van der Waals surface area contributed by atoms with Gasteiger partial charge in [0, 0.05) is 17.8 Å². The number of nitriles is 1. The number of ketones is 1. The van der Waals surface area contributed by atoms with Crippen LogP contribution in [0.25, 0.3) is 6.08 Å². The highest BCUT2D eigenvalue weighted by Gasteiger charge is 2.17. The molecule has 1 amide bonds. The summed E-state index contributed by atoms with van der Waals surface area (Å²) in [7, 11) is 1.43. The molecule has 0 aliphatic heterocycles. The van der Waals surface area contributed by atoms with Crippen molar-refractivity contribution >= 4 is 23.5 Å². The predicted molar refractivity (Wildman–Crippen MR) is 96.8 cm³/mol. The lowest BCUT2D eigenvalue weighted by molar-refractivity contribution is -0.118. The molecule has 7 nitrogen and oxygen atoms in total. The van der Waals surface area contributed by atoms with Gasteiger partial charge in [-0.25, -0.2) is 0 Å². The van der Waals surface area contributed by atoms with Gasteiger partial charge in [0.2, 0.25) is 5.56 Å². The number of anilines is 1. The summed E-state index contributed by atoms with van der Waals surface area (Å²) in [6, 6.07) is 7.90. The van der Waals surface area contributed by atoms with Crippen molar-refractivity contribution < 1.29 is 14.3 Å². The highest BCUT2D eigenvalue weighted by molar-refractivity contribution is 6.25. The molecule has 0 radical (unpaired) electrons. The van der Waals surface area contributed by atoms with E-state index in [0.717, 1.165) is 0 Å². The van der Waals surface area contributed by atoms with Crippen LogP contribution in [0.2, 0.25) is 0 Å². The molecule has 0 aliphatic carbocycles. The average molecular weight is 351 g/mol. The summed E-state index contributed by atoms with van der Waals surface area (Å²) in [5, 5.41) is 11.5. The van der Waals surface area contributed by atoms with E-state index in [1.807, 2.05) is 6.07 Å². The smallest absolute Gasteiger partial charge is 0.259 e. The van der Waals surface area contributed by atoms with Crippen molar-refractivity contribution in [1.82, 2.24) is 4.98 Å². The van der Waals surface area contributed by atoms with Gasteiger partial charge in [0.05, 0.1) is 30.0 Å². The van der Waals surface area contributed by atoms with E-state index in [9.17, 15) is 14.4 Å². The molecule has 132 valence electrons. The second-order valence-electron chi connectivity index (χ2n) is 5.53. The number of aromatic nitrogens is 1. The minimum atomic E-state index is -0.641. The molecule has 1 aromatic heterocycles. The zero-order valence-electron chi connectivity index (χ0n) is 14.5. The van der Waals surface area contributed by atoms with E-state index in [1.165, 1.54) is 38.4 Å². The molecule has 1 heterocycles. The number of Topliss-reactive ketones (excluding diaryl/α,β-unsaturated/α-hetero) is 1. The number of H-pyrrole nitrogens is 1. The maximum Gasteiger partial charge on any atom is 0.259 e. The van der Waals surface area contributed by atoms with Crippen LogP contribution in [0.15, 0.2) is 40.8 Å². The van der Waals surface area contributed by atoms with E-state index in [-0.39, 0.29) is 11.1 Å². The second-order valence-corrected chi connectivity index (χ2v) is 5.53. The van der Waals surface area contributed by atoms with E-state index in [1.54, 1.807) is 19.1 Å². The number of carbonyl (C=O) groups excluding carboxylic acids is 2. The number of hydrogen-bond donors (Lipinski definition) is 2. The standard InChI is InChI=1S/C19H17N3O4/c1-11-10-21-18(24)8-16(11)22-19(25)15(12(2)23)7-14-5-4-13(9-20)6-17(14)26-3/h4-8,10H,1-3H3,(H2,21,22,24,25)/b15-7+. The number of hydrogen-bond acceptors (Lipinski definition) is 5. The Morgan fingerprint density at radius 1 is 1.31 bits per heavy atom. The van der Waals surface area contributed by atoms with Gasteiger partial charge in [0.1, 0.15) is 5.75 Å². The minimum absolute atomic E-state index is 0.104. The van der Waals surface area contributed by atoms with Gasteiger partial charge in [-0.2, -0.15) is 5.26 Å². The molecule has 0 aliphatic rings. The number of carbonyl (C=O) groups is 2. The normalized spacial score (nSPS) is 10.8. The predicted octanol–water partition coefficient (Wildman–Crippen LogP) is 2.17. The Hall–Kier alpha value is -3.66. The van der Waals surface area contributed by atoms with Crippen LogP contribution in [-0.2, 0) is 9.59 Å². The number of pyridine rings is 1. The van der Waals surface area contributed by atoms with E-state index in [2.05, 4.69) is 10.3 Å². The minimum Gasteiger partial charge on any atom is -0.496 e. The summed E-state index contributed by atoms with van der Waals surface area (Å²) in [4.78, 5) is 38.4. The average Bonchev–Trinajstić information content (AvgIpc) is 2.62. The summed E-state index contributed by atoms with van der Waals surface area (Å²) < 4.78 is 5.22. The first-order valence-corrected chi connectivity index (χ1v) is 7.67. The zero-order chi connectivity index (χ0) is 19.3. The highest BCUT2D eigenvalue weighted by atomic mass is 16.5. The first-order valence-electron chi connectivity index (χ1n) is 7.67. The quantitative estimate of drug-likeness (QED) is 0.487. The third kappa shape index (κ3) is 4.24. The fraction of sp³-hybridized carbons (Fsp3) is 0.158. The molecule has 2 N–H and O–H groups in total. The Balaban J connectivity index is 2.43. The Kier molecular flexibility index (Phi) is 5.71. The van der Waals surface area contributed by atoms with Gasteiger partial charge >= 0.3 is 0 Å². The largest absolute Gasteiger partial charge is 0.496 e. The van der Waals surface area contributed by atoms with Gasteiger partial charge in [-0.1, -0.05) is 0 Å². The molecule has 0 saturated heterocycles. The number of nitrogens with one attached hydrogen (secondary N) is 2. The summed E-state index contributed by atoms with van der Waals surface area (Å²) in [5.41, 5.74) is 1.37. The molecular weight excluding hydrogens is 334 g/mol. The second kappa shape index (κ2) is 7.94. The van der Waals surface area contributed by atoms with Crippen molar-refractivity contribution in [1.29, 1.82) is 5.26 Å². The van der Waals surface area contributed by atoms with Crippen molar-refractivity contribution in [2.24, 2.45) is 0 Å². The van der Waals surface area contributed by atoms with Gasteiger partial charge in [-0.3, -0.25) is 14.4 Å². The fourth-order valence-electron chi connectivity index (χ4n) is 2.25. The van der Waals surface area contributed by atoms with Crippen LogP contribution < -0.4 is 15.6 Å². The van der Waals surface area contributed by atoms with Crippen LogP contribution in [0.3, 0.4) is 0 Å². The lowest BCUT2D eigenvalue weighted by Gasteiger charge is -2.10. The van der Waals surface area contributed by atoms with Crippen molar-refractivity contribution in [2.75, 3.05) is 12.4 Å². The SMILES string of the molecule is COc1cc(C#N)ccc1/C=C(\C(C)=O)C(=O)Nc1cc(=O)[nH]cc1C. The fourth-order valence-corrected chi connectivity index (χ4v) is 2.25. The van der Waals surface area contributed by atoms with Crippen LogP contribution in [0, 0.1) is 18.3 Å². The molecule has 0 fully saturated rings. The maximum absolute atomic E-state index is 12.5. The molecule has 2 aromatic rings. The number of aromatic amines is 1. The first kappa shape index (κ1) is 18.7. The van der Waals surface area contributed by atoms with Crippen LogP contribution in [0.4, 0.5) is 5.69 Å². The van der Waals surface area contributed by atoms with Crippen LogP contribution >= 0.6 is 0 Å². The topological polar surface area (TPSA) is 112 Å². The summed E-state index contributed by atoms with van der Waals surface area (Å²) in [6.07, 6.45) is 2.86. The molecule has 0 atom stereocenters. The third-order valence-corrected chi connectivity index (χ3v) is 3.67. The van der Waals surface area contributed by atoms with E-state index in [4.69, 9.17) is 10.00 Å². The molecule has 0 unspecified atom stereocenters. The Bertz CT molecular complexity index is 997. The molecule has 26 heavy (non-hydrogen) atoms. The Morgan fingerprint density at radius 2 is 2.04 bits per heavy atom. The number of methoxy groups -OCH3 is 1. The number of amides is 1. The molecule has 1 aromatic carbocycles. The van der Waals surface area contributed by atoms with Gasteiger partial charge in [0.15, 0.2) is 5.78 Å². The molecule has 0 saturated carbocycles. The maximum atomic E-state index is 12.5. The number of rotatable bonds is 5. The molecular formula is C19H17N3O4. The Labute approximate surface area is 149 Å². The van der Waals surface area contributed by atoms with Crippen LogP contribution in [0.5, 0.6) is 5.75 Å². The van der Waals surface area contributed by atoms with E-state index >= 15 is 0 Å². The Morgan fingerprint density at radius 3 is 2.65 bits per heavy atom. The van der Waals surface area contributed by atoms with Crippen LogP contribution in [0.1, 0.15) is 23.6 Å². The monoisotopic (exact) mass is 351 g/mol. The van der Waals surface area contributed by atoms with Gasteiger partial charge in [0.25, 0.3) is 5.91 Å². The molecule has 0 spiro atoms. The summed E-state index contributed by atoms with van der Waals surface area (Å²) in [6.45, 7) is 2.98. The van der Waals surface area contributed by atoms with Gasteiger partial charge in [-0.05, 0) is 43.7 Å². The first-order chi connectivity index (χ1) is 12.3. The van der Waals surface area contributed by atoms with Crippen molar-refractivity contribution in [3.05, 3.63) is 63.1 Å². The number of aryl methyl sites for hydroxylation is 1.